The lowest BCUT2D eigenvalue weighted by Crippen LogP contribution is -2.31. The number of amides is 1. The summed E-state index contributed by atoms with van der Waals surface area (Å²) >= 11 is 0. The second-order valence-corrected chi connectivity index (χ2v) is 5.25. The molecule has 0 heterocycles. The average molecular weight is 349 g/mol. The lowest BCUT2D eigenvalue weighted by atomic mass is 10.1. The Morgan fingerprint density at radius 2 is 1.50 bits per heavy atom. The van der Waals surface area contributed by atoms with Gasteiger partial charge in [0.25, 0.3) is 5.78 Å². The van der Waals surface area contributed by atoms with Crippen LogP contribution in [0.2, 0.25) is 0 Å². The molecule has 132 valence electrons. The number of hydrogen-bond acceptors (Lipinski definition) is 4. The van der Waals surface area contributed by atoms with Crippen molar-refractivity contribution in [2.45, 2.75) is 6.92 Å². The molecule has 2 aromatic rings. The van der Waals surface area contributed by atoms with Gasteiger partial charge in [-0.25, -0.2) is 4.79 Å². The van der Waals surface area contributed by atoms with E-state index in [1.54, 1.807) is 37.3 Å². The molecule has 0 aliphatic heterocycles. The first-order valence-electron chi connectivity index (χ1n) is 8.12. The van der Waals surface area contributed by atoms with Crippen LogP contribution in [0, 0.1) is 0 Å². The summed E-state index contributed by atoms with van der Waals surface area (Å²) in [7, 11) is 0. The fourth-order valence-electron chi connectivity index (χ4n) is 2.09. The molecule has 0 aromatic heterocycles. The number of nitrogens with one attached hydrogen (secondary N) is 1. The van der Waals surface area contributed by atoms with E-state index in [0.717, 1.165) is 5.56 Å². The van der Waals surface area contributed by atoms with Crippen LogP contribution in [0.5, 0.6) is 0 Å². The SMILES string of the molecule is CCOC(=O)C(=O)/C(=C/c1ccccc1)NC(=O)/C=C/c1ccccc1. The summed E-state index contributed by atoms with van der Waals surface area (Å²) in [5, 5.41) is 2.46. The molecule has 0 bridgehead atoms. The van der Waals surface area contributed by atoms with Crippen LogP contribution in [0.15, 0.2) is 72.4 Å². The summed E-state index contributed by atoms with van der Waals surface area (Å²) in [6.07, 6.45) is 4.35. The van der Waals surface area contributed by atoms with Gasteiger partial charge in [-0.05, 0) is 30.2 Å². The van der Waals surface area contributed by atoms with Gasteiger partial charge in [-0.1, -0.05) is 60.7 Å². The summed E-state index contributed by atoms with van der Waals surface area (Å²) in [6.45, 7) is 1.68. The van der Waals surface area contributed by atoms with Gasteiger partial charge in [0.1, 0.15) is 0 Å². The third-order valence-corrected chi connectivity index (χ3v) is 3.30. The Hall–Kier alpha value is -3.47. The van der Waals surface area contributed by atoms with Crippen LogP contribution in [0.3, 0.4) is 0 Å². The molecular formula is C21H19NO4. The minimum atomic E-state index is -1.01. The van der Waals surface area contributed by atoms with Gasteiger partial charge in [-0.3, -0.25) is 9.59 Å². The van der Waals surface area contributed by atoms with Crippen LogP contribution in [0.1, 0.15) is 18.1 Å². The van der Waals surface area contributed by atoms with Crippen molar-refractivity contribution in [3.8, 4) is 0 Å². The van der Waals surface area contributed by atoms with Gasteiger partial charge in [-0.15, -0.1) is 0 Å². The monoisotopic (exact) mass is 349 g/mol. The van der Waals surface area contributed by atoms with E-state index in [2.05, 4.69) is 5.32 Å². The highest BCUT2D eigenvalue weighted by Crippen LogP contribution is 2.07. The standard InChI is InChI=1S/C21H19NO4/c1-2-26-21(25)20(24)18(15-17-11-7-4-8-12-17)22-19(23)14-13-16-9-5-3-6-10-16/h3-15H,2H2,1H3,(H,22,23)/b14-13+,18-15-. The van der Waals surface area contributed by atoms with Gasteiger partial charge in [0.2, 0.25) is 5.91 Å². The maximum Gasteiger partial charge on any atom is 0.381 e. The number of esters is 1. The van der Waals surface area contributed by atoms with Gasteiger partial charge >= 0.3 is 5.97 Å². The Morgan fingerprint density at radius 1 is 0.923 bits per heavy atom. The summed E-state index contributed by atoms with van der Waals surface area (Å²) in [6, 6.07) is 18.2. The molecule has 0 fully saturated rings. The van der Waals surface area contributed by atoms with Gasteiger partial charge in [0.05, 0.1) is 12.3 Å². The first kappa shape index (κ1) is 18.9. The lowest BCUT2D eigenvalue weighted by Gasteiger charge is -2.07. The van der Waals surface area contributed by atoms with Gasteiger partial charge in [0, 0.05) is 6.08 Å². The summed E-state index contributed by atoms with van der Waals surface area (Å²) < 4.78 is 4.73. The Bertz CT molecular complexity index is 824. The molecule has 0 saturated carbocycles. The van der Waals surface area contributed by atoms with E-state index in [0.29, 0.717) is 5.56 Å². The van der Waals surface area contributed by atoms with E-state index in [1.807, 2.05) is 36.4 Å². The van der Waals surface area contributed by atoms with E-state index in [9.17, 15) is 14.4 Å². The van der Waals surface area contributed by atoms with E-state index in [-0.39, 0.29) is 12.3 Å². The van der Waals surface area contributed by atoms with Gasteiger partial charge < -0.3 is 10.1 Å². The van der Waals surface area contributed by atoms with Crippen LogP contribution < -0.4 is 5.32 Å². The molecule has 0 aliphatic rings. The zero-order valence-electron chi connectivity index (χ0n) is 14.3. The summed E-state index contributed by atoms with van der Waals surface area (Å²) in [4.78, 5) is 36.2. The number of rotatable bonds is 7. The molecule has 0 spiro atoms. The Morgan fingerprint density at radius 3 is 2.08 bits per heavy atom. The van der Waals surface area contributed by atoms with Crippen molar-refractivity contribution >= 4 is 29.8 Å². The van der Waals surface area contributed by atoms with Crippen LogP contribution in [-0.4, -0.2) is 24.3 Å². The predicted molar refractivity (Wildman–Crippen MR) is 99.7 cm³/mol. The van der Waals surface area contributed by atoms with Crippen LogP contribution in [0.25, 0.3) is 12.2 Å². The van der Waals surface area contributed by atoms with Crippen LogP contribution in [-0.2, 0) is 19.1 Å². The molecule has 5 heteroatoms. The largest absolute Gasteiger partial charge is 0.460 e. The van der Waals surface area contributed by atoms with Gasteiger partial charge in [-0.2, -0.15) is 0 Å². The topological polar surface area (TPSA) is 72.5 Å². The minimum absolute atomic E-state index is 0.0745. The zero-order chi connectivity index (χ0) is 18.8. The maximum atomic E-state index is 12.3. The number of Topliss-reactive ketones (excluding diaryl/α,β-unsaturated/α-hetero) is 1. The van der Waals surface area contributed by atoms with Crippen molar-refractivity contribution in [1.29, 1.82) is 0 Å². The van der Waals surface area contributed by atoms with Crippen molar-refractivity contribution in [1.82, 2.24) is 5.32 Å². The predicted octanol–water partition coefficient (Wildman–Crippen LogP) is 2.99. The molecule has 26 heavy (non-hydrogen) atoms. The molecule has 1 amide bonds. The van der Waals surface area contributed by atoms with Crippen molar-refractivity contribution in [3.63, 3.8) is 0 Å². The van der Waals surface area contributed by atoms with Crippen molar-refractivity contribution < 1.29 is 19.1 Å². The second kappa shape index (κ2) is 9.74. The quantitative estimate of drug-likeness (QED) is 0.474. The number of ether oxygens (including phenoxy) is 1. The molecule has 0 radical (unpaired) electrons. The Kier molecular flexibility index (Phi) is 7.06. The molecule has 0 atom stereocenters. The van der Waals surface area contributed by atoms with Crippen molar-refractivity contribution in [3.05, 3.63) is 83.6 Å². The fraction of sp³-hybridized carbons (Fsp3) is 0.0952. The summed E-state index contributed by atoms with van der Waals surface area (Å²) in [5.74, 6) is -2.44. The van der Waals surface area contributed by atoms with E-state index < -0.39 is 17.7 Å². The average Bonchev–Trinajstić information content (AvgIpc) is 2.67. The smallest absolute Gasteiger partial charge is 0.381 e. The zero-order valence-corrected chi connectivity index (χ0v) is 14.3. The van der Waals surface area contributed by atoms with E-state index in [1.165, 1.54) is 12.2 Å². The number of carbonyl (C=O) groups excluding carboxylic acids is 3. The van der Waals surface area contributed by atoms with E-state index >= 15 is 0 Å². The van der Waals surface area contributed by atoms with Crippen LogP contribution >= 0.6 is 0 Å². The molecule has 0 saturated heterocycles. The van der Waals surface area contributed by atoms with Gasteiger partial charge in [0.15, 0.2) is 0 Å². The minimum Gasteiger partial charge on any atom is -0.460 e. The first-order valence-corrected chi connectivity index (χ1v) is 8.12. The first-order chi connectivity index (χ1) is 12.6. The second-order valence-electron chi connectivity index (χ2n) is 5.25. The van der Waals surface area contributed by atoms with E-state index in [4.69, 9.17) is 4.74 Å². The fourth-order valence-corrected chi connectivity index (χ4v) is 2.09. The normalized spacial score (nSPS) is 11.2. The number of hydrogen-bond donors (Lipinski definition) is 1. The molecule has 0 unspecified atom stereocenters. The van der Waals surface area contributed by atoms with Crippen LogP contribution in [0.4, 0.5) is 0 Å². The highest BCUT2D eigenvalue weighted by Gasteiger charge is 2.21. The third kappa shape index (κ3) is 5.87. The highest BCUT2D eigenvalue weighted by atomic mass is 16.5. The molecule has 5 nitrogen and oxygen atoms in total. The van der Waals surface area contributed by atoms with Crippen molar-refractivity contribution in [2.75, 3.05) is 6.61 Å². The Balaban J connectivity index is 2.19. The number of benzene rings is 2. The molecule has 2 aromatic carbocycles. The summed E-state index contributed by atoms with van der Waals surface area (Å²) in [5.41, 5.74) is 1.37. The third-order valence-electron chi connectivity index (χ3n) is 3.30. The lowest BCUT2D eigenvalue weighted by molar-refractivity contribution is -0.151. The number of ketones is 1. The highest BCUT2D eigenvalue weighted by molar-refractivity contribution is 6.41. The van der Waals surface area contributed by atoms with Crippen molar-refractivity contribution in [2.24, 2.45) is 0 Å². The maximum absolute atomic E-state index is 12.3. The Labute approximate surface area is 152 Å². The molecule has 1 N–H and O–H groups in total. The number of carbonyl (C=O) groups is 3. The molecule has 0 aliphatic carbocycles. The molecule has 2 rings (SSSR count). The molecular weight excluding hydrogens is 330 g/mol.